The van der Waals surface area contributed by atoms with Crippen molar-refractivity contribution in [2.45, 2.75) is 13.3 Å². The van der Waals surface area contributed by atoms with Gasteiger partial charge in [0.25, 0.3) is 0 Å². The van der Waals surface area contributed by atoms with Gasteiger partial charge in [-0.05, 0) is 12.3 Å². The van der Waals surface area contributed by atoms with E-state index in [-0.39, 0.29) is 0 Å². The first kappa shape index (κ1) is 5.43. The lowest BCUT2D eigenvalue weighted by molar-refractivity contribution is 0.465. The summed E-state index contributed by atoms with van der Waals surface area (Å²) in [4.78, 5) is 1.81. The van der Waals surface area contributed by atoms with Gasteiger partial charge in [-0.2, -0.15) is 5.26 Å². The molecule has 0 radical (unpaired) electrons. The van der Waals surface area contributed by atoms with Crippen LogP contribution in [0, 0.1) is 17.4 Å². The van der Waals surface area contributed by atoms with E-state index < -0.39 is 0 Å². The molecule has 8 heavy (non-hydrogen) atoms. The van der Waals surface area contributed by atoms with Gasteiger partial charge in [-0.3, -0.25) is 0 Å². The quantitative estimate of drug-likeness (QED) is 0.431. The lowest BCUT2D eigenvalue weighted by Gasteiger charge is -2.02. The molecule has 1 rings (SSSR count). The molecule has 1 heterocycles. The van der Waals surface area contributed by atoms with E-state index in [1.54, 1.807) is 0 Å². The van der Waals surface area contributed by atoms with Crippen molar-refractivity contribution in [1.29, 1.82) is 5.26 Å². The predicted molar refractivity (Wildman–Crippen MR) is 31.0 cm³/mol. The largest absolute Gasteiger partial charge is 0.310 e. The third-order valence-electron chi connectivity index (χ3n) is 1.57. The molecule has 0 bridgehead atoms. The summed E-state index contributed by atoms with van der Waals surface area (Å²) in [6, 6.07) is 0. The minimum atomic E-state index is 0.731. The monoisotopic (exact) mass is 110 g/mol. The van der Waals surface area contributed by atoms with Gasteiger partial charge >= 0.3 is 0 Å². The third kappa shape index (κ3) is 0.919. The third-order valence-corrected chi connectivity index (χ3v) is 1.57. The molecule has 0 aromatic heterocycles. The van der Waals surface area contributed by atoms with Gasteiger partial charge in [-0.1, -0.05) is 6.92 Å². The van der Waals surface area contributed by atoms with E-state index in [0.717, 1.165) is 19.0 Å². The molecule has 0 aromatic rings. The number of hydrogen-bond acceptors (Lipinski definition) is 2. The zero-order chi connectivity index (χ0) is 5.98. The van der Waals surface area contributed by atoms with Crippen LogP contribution in [0.1, 0.15) is 13.3 Å². The van der Waals surface area contributed by atoms with Crippen LogP contribution in [0.5, 0.6) is 0 Å². The van der Waals surface area contributed by atoms with Crippen molar-refractivity contribution in [1.82, 2.24) is 4.90 Å². The lowest BCUT2D eigenvalue weighted by atomic mass is 10.2. The number of likely N-dealkylation sites (tertiary alicyclic amines) is 1. The summed E-state index contributed by atoms with van der Waals surface area (Å²) < 4.78 is 0. The summed E-state index contributed by atoms with van der Waals surface area (Å²) in [6.07, 6.45) is 3.32. The summed E-state index contributed by atoms with van der Waals surface area (Å²) in [7, 11) is 0. The molecule has 1 saturated heterocycles. The van der Waals surface area contributed by atoms with Gasteiger partial charge in [0.2, 0.25) is 0 Å². The molecule has 0 N–H and O–H groups in total. The van der Waals surface area contributed by atoms with Crippen LogP contribution >= 0.6 is 0 Å². The van der Waals surface area contributed by atoms with E-state index in [9.17, 15) is 0 Å². The first-order valence-electron chi connectivity index (χ1n) is 2.97. The minimum absolute atomic E-state index is 0.731. The Balaban J connectivity index is 2.35. The highest BCUT2D eigenvalue weighted by Crippen LogP contribution is 2.12. The molecule has 1 atom stereocenters. The fourth-order valence-electron chi connectivity index (χ4n) is 1.03. The van der Waals surface area contributed by atoms with E-state index >= 15 is 0 Å². The zero-order valence-corrected chi connectivity index (χ0v) is 5.09. The van der Waals surface area contributed by atoms with Crippen LogP contribution in [0.15, 0.2) is 0 Å². The highest BCUT2D eigenvalue weighted by atomic mass is 15.1. The molecular formula is C6H10N2. The molecule has 0 unspecified atom stereocenters. The smallest absolute Gasteiger partial charge is 0.179 e. The van der Waals surface area contributed by atoms with Gasteiger partial charge in [0.15, 0.2) is 6.19 Å². The highest BCUT2D eigenvalue weighted by molar-refractivity contribution is 4.81. The van der Waals surface area contributed by atoms with Crippen LogP contribution in [0.2, 0.25) is 0 Å². The van der Waals surface area contributed by atoms with E-state index in [0.29, 0.717) is 0 Å². The van der Waals surface area contributed by atoms with Gasteiger partial charge in [0, 0.05) is 13.1 Å². The highest BCUT2D eigenvalue weighted by Gasteiger charge is 2.15. The molecule has 2 heteroatoms. The molecule has 44 valence electrons. The first-order chi connectivity index (χ1) is 3.83. The van der Waals surface area contributed by atoms with Crippen molar-refractivity contribution >= 4 is 0 Å². The van der Waals surface area contributed by atoms with Gasteiger partial charge < -0.3 is 4.90 Å². The molecular weight excluding hydrogens is 100 g/mol. The molecule has 1 aliphatic rings. The maximum atomic E-state index is 8.36. The molecule has 0 aromatic carbocycles. The Morgan fingerprint density at radius 1 is 1.75 bits per heavy atom. The Bertz CT molecular complexity index is 114. The SMILES string of the molecule is C[C@@H]1CCN(C#N)C1. The Hall–Kier alpha value is -0.710. The van der Waals surface area contributed by atoms with Crippen LogP contribution in [-0.4, -0.2) is 18.0 Å². The fourth-order valence-corrected chi connectivity index (χ4v) is 1.03. The number of nitriles is 1. The van der Waals surface area contributed by atoms with Crippen LogP contribution in [0.3, 0.4) is 0 Å². The molecule has 0 amide bonds. The average Bonchev–Trinajstić information content (AvgIpc) is 2.14. The maximum Gasteiger partial charge on any atom is 0.179 e. The van der Waals surface area contributed by atoms with Crippen molar-refractivity contribution in [2.75, 3.05) is 13.1 Å². The Morgan fingerprint density at radius 3 is 2.75 bits per heavy atom. The molecule has 0 saturated carbocycles. The second kappa shape index (κ2) is 2.04. The van der Waals surface area contributed by atoms with Gasteiger partial charge in [0.1, 0.15) is 0 Å². The predicted octanol–water partition coefficient (Wildman–Crippen LogP) is 0.809. The van der Waals surface area contributed by atoms with E-state index in [1.165, 1.54) is 6.42 Å². The second-order valence-electron chi connectivity index (χ2n) is 2.44. The topological polar surface area (TPSA) is 27.0 Å². The summed E-state index contributed by atoms with van der Waals surface area (Å²) in [5.74, 6) is 0.731. The summed E-state index contributed by atoms with van der Waals surface area (Å²) in [5, 5.41) is 8.36. The van der Waals surface area contributed by atoms with Crippen LogP contribution < -0.4 is 0 Å². The fraction of sp³-hybridized carbons (Fsp3) is 0.833. The summed E-state index contributed by atoms with van der Waals surface area (Å²) >= 11 is 0. The van der Waals surface area contributed by atoms with Crippen LogP contribution in [0.4, 0.5) is 0 Å². The molecule has 0 aliphatic carbocycles. The van der Waals surface area contributed by atoms with Crippen molar-refractivity contribution in [3.63, 3.8) is 0 Å². The first-order valence-corrected chi connectivity index (χ1v) is 2.97. The summed E-state index contributed by atoms with van der Waals surface area (Å²) in [6.45, 7) is 4.12. The molecule has 0 spiro atoms. The van der Waals surface area contributed by atoms with Crippen molar-refractivity contribution < 1.29 is 0 Å². The second-order valence-corrected chi connectivity index (χ2v) is 2.44. The number of rotatable bonds is 0. The molecule has 1 fully saturated rings. The standard InChI is InChI=1S/C6H10N2/c1-6-2-3-8(4-6)5-7/h6H,2-4H2,1H3/t6-/m1/s1. The zero-order valence-electron chi connectivity index (χ0n) is 5.09. The Kier molecular flexibility index (Phi) is 1.38. The van der Waals surface area contributed by atoms with E-state index in [4.69, 9.17) is 5.26 Å². The van der Waals surface area contributed by atoms with Gasteiger partial charge in [-0.15, -0.1) is 0 Å². The van der Waals surface area contributed by atoms with Crippen molar-refractivity contribution in [3.05, 3.63) is 0 Å². The normalized spacial score (nSPS) is 28.0. The average molecular weight is 110 g/mol. The Morgan fingerprint density at radius 2 is 2.50 bits per heavy atom. The minimum Gasteiger partial charge on any atom is -0.310 e. The maximum absolute atomic E-state index is 8.36. The molecule has 1 aliphatic heterocycles. The summed E-state index contributed by atoms with van der Waals surface area (Å²) in [5.41, 5.74) is 0. The van der Waals surface area contributed by atoms with Crippen LogP contribution in [-0.2, 0) is 0 Å². The van der Waals surface area contributed by atoms with E-state index in [1.807, 2.05) is 4.90 Å². The number of hydrogen-bond donors (Lipinski definition) is 0. The number of nitrogens with zero attached hydrogens (tertiary/aromatic N) is 2. The van der Waals surface area contributed by atoms with Crippen molar-refractivity contribution in [2.24, 2.45) is 5.92 Å². The van der Waals surface area contributed by atoms with Crippen molar-refractivity contribution in [3.8, 4) is 6.19 Å². The molecule has 2 nitrogen and oxygen atoms in total. The Labute approximate surface area is 49.7 Å². The van der Waals surface area contributed by atoms with Gasteiger partial charge in [-0.25, -0.2) is 0 Å². The van der Waals surface area contributed by atoms with Gasteiger partial charge in [0.05, 0.1) is 0 Å². The lowest BCUT2D eigenvalue weighted by Crippen LogP contribution is -2.12. The van der Waals surface area contributed by atoms with E-state index in [2.05, 4.69) is 13.1 Å². The van der Waals surface area contributed by atoms with Crippen LogP contribution in [0.25, 0.3) is 0 Å².